The largest absolute Gasteiger partial charge is 0.311 e. The van der Waals surface area contributed by atoms with Crippen molar-refractivity contribution < 1.29 is 0 Å². The van der Waals surface area contributed by atoms with E-state index in [1.54, 1.807) is 0 Å². The predicted molar refractivity (Wildman–Crippen MR) is 113 cm³/mol. The van der Waals surface area contributed by atoms with Crippen molar-refractivity contribution in [3.8, 4) is 0 Å². The van der Waals surface area contributed by atoms with Crippen LogP contribution in [0.25, 0.3) is 0 Å². The third-order valence-corrected chi connectivity index (χ3v) is 4.81. The fourth-order valence-electron chi connectivity index (χ4n) is 2.51. The maximum absolute atomic E-state index is 4.84. The van der Waals surface area contributed by atoms with Crippen molar-refractivity contribution in [2.24, 2.45) is 0 Å². The summed E-state index contributed by atoms with van der Waals surface area (Å²) in [7, 11) is 8.40. The van der Waals surface area contributed by atoms with E-state index in [1.807, 2.05) is 0 Å². The molecule has 2 N–H and O–H groups in total. The van der Waals surface area contributed by atoms with Crippen LogP contribution in [-0.4, -0.2) is 64.2 Å². The lowest BCUT2D eigenvalue weighted by molar-refractivity contribution is 0.398. The Bertz CT molecular complexity index is 484. The highest BCUT2D eigenvalue weighted by atomic mass is 32.1. The minimum atomic E-state index is 0.137. The van der Waals surface area contributed by atoms with Crippen LogP contribution in [0.1, 0.15) is 37.5 Å². The number of thiol groups is 1. The molecule has 0 spiro atoms. The van der Waals surface area contributed by atoms with E-state index < -0.39 is 0 Å². The average molecular weight is 367 g/mol. The lowest BCUT2D eigenvalue weighted by atomic mass is 9.85. The Labute approximate surface area is 160 Å². The molecule has 0 unspecified atom stereocenters. The summed E-state index contributed by atoms with van der Waals surface area (Å²) in [6.07, 6.45) is 0. The summed E-state index contributed by atoms with van der Waals surface area (Å²) in [5.41, 5.74) is 4.09. The lowest BCUT2D eigenvalue weighted by Gasteiger charge is -2.23. The van der Waals surface area contributed by atoms with E-state index >= 15 is 0 Å². The van der Waals surface area contributed by atoms with Gasteiger partial charge >= 0.3 is 0 Å². The third-order valence-electron chi connectivity index (χ3n) is 4.24. The second kappa shape index (κ2) is 10.5. The second-order valence-electron chi connectivity index (χ2n) is 8.35. The molecule has 5 heteroatoms. The normalized spacial score (nSPS) is 12.4. The third kappa shape index (κ3) is 8.56. The van der Waals surface area contributed by atoms with Gasteiger partial charge in [0.25, 0.3) is 0 Å². The van der Waals surface area contributed by atoms with E-state index in [1.165, 1.54) is 16.7 Å². The molecule has 0 atom stereocenters. The van der Waals surface area contributed by atoms with Crippen LogP contribution in [0.15, 0.2) is 17.0 Å². The number of rotatable bonds is 10. The van der Waals surface area contributed by atoms with Gasteiger partial charge in [-0.25, -0.2) is 0 Å². The first-order valence-corrected chi connectivity index (χ1v) is 9.62. The number of nitrogens with one attached hydrogen (secondary N) is 2. The van der Waals surface area contributed by atoms with E-state index in [4.69, 9.17) is 12.6 Å². The van der Waals surface area contributed by atoms with Crippen molar-refractivity contribution in [2.45, 2.75) is 44.2 Å². The highest BCUT2D eigenvalue weighted by molar-refractivity contribution is 7.80. The fraction of sp³-hybridized carbons (Fsp3) is 0.700. The summed E-state index contributed by atoms with van der Waals surface area (Å²) in [5, 5.41) is 7.09. The standard InChI is InChI=1S/C20H38N4S/c1-20(2,3)18-12-16(14-21-8-10-23(4)5)19(25)17(13-18)15-22-9-11-24(6)7/h12-13,21-22,25H,8-11,14-15H2,1-7H3. The highest BCUT2D eigenvalue weighted by Crippen LogP contribution is 2.29. The van der Waals surface area contributed by atoms with Gasteiger partial charge in [-0.3, -0.25) is 0 Å². The topological polar surface area (TPSA) is 30.5 Å². The minimum absolute atomic E-state index is 0.137. The molecule has 1 rings (SSSR count). The van der Waals surface area contributed by atoms with E-state index in [9.17, 15) is 0 Å². The van der Waals surface area contributed by atoms with Gasteiger partial charge < -0.3 is 20.4 Å². The Balaban J connectivity index is 2.85. The maximum atomic E-state index is 4.84. The summed E-state index contributed by atoms with van der Waals surface area (Å²) >= 11 is 4.84. The molecule has 0 aliphatic carbocycles. The van der Waals surface area contributed by atoms with Crippen LogP contribution >= 0.6 is 12.6 Å². The summed E-state index contributed by atoms with van der Waals surface area (Å²) in [5.74, 6) is 0. The van der Waals surface area contributed by atoms with Gasteiger partial charge in [-0.1, -0.05) is 32.9 Å². The summed E-state index contributed by atoms with van der Waals surface area (Å²) in [6.45, 7) is 12.6. The number of hydrogen-bond acceptors (Lipinski definition) is 5. The number of likely N-dealkylation sites (N-methyl/N-ethyl adjacent to an activating group) is 2. The summed E-state index contributed by atoms with van der Waals surface area (Å²) < 4.78 is 0. The van der Waals surface area contributed by atoms with Crippen molar-refractivity contribution in [2.75, 3.05) is 54.4 Å². The molecule has 0 heterocycles. The van der Waals surface area contributed by atoms with Crippen LogP contribution in [0.2, 0.25) is 0 Å². The van der Waals surface area contributed by atoms with E-state index in [-0.39, 0.29) is 5.41 Å². The quantitative estimate of drug-likeness (QED) is 0.439. The molecule has 0 aromatic heterocycles. The molecular weight excluding hydrogens is 328 g/mol. The van der Waals surface area contributed by atoms with Gasteiger partial charge in [-0.05, 0) is 50.3 Å². The van der Waals surface area contributed by atoms with Gasteiger partial charge in [0.05, 0.1) is 0 Å². The molecular formula is C20H38N4S. The molecule has 144 valence electrons. The van der Waals surface area contributed by atoms with Crippen molar-refractivity contribution in [3.63, 3.8) is 0 Å². The molecule has 1 aromatic carbocycles. The van der Waals surface area contributed by atoms with E-state index in [0.717, 1.165) is 44.2 Å². The Morgan fingerprint density at radius 3 is 1.56 bits per heavy atom. The lowest BCUT2D eigenvalue weighted by Crippen LogP contribution is -2.27. The van der Waals surface area contributed by atoms with Crippen molar-refractivity contribution in [3.05, 3.63) is 28.8 Å². The van der Waals surface area contributed by atoms with Crippen LogP contribution in [-0.2, 0) is 18.5 Å². The molecule has 0 amide bonds. The Kier molecular flexibility index (Phi) is 9.46. The van der Waals surface area contributed by atoms with E-state index in [0.29, 0.717) is 0 Å². The van der Waals surface area contributed by atoms with Gasteiger partial charge in [0.15, 0.2) is 0 Å². The maximum Gasteiger partial charge on any atom is 0.0217 e. The Morgan fingerprint density at radius 2 is 1.24 bits per heavy atom. The predicted octanol–water partition coefficient (Wildman–Crippen LogP) is 2.58. The van der Waals surface area contributed by atoms with Crippen molar-refractivity contribution >= 4 is 12.6 Å². The smallest absolute Gasteiger partial charge is 0.0217 e. The van der Waals surface area contributed by atoms with Gasteiger partial charge in [0.2, 0.25) is 0 Å². The summed E-state index contributed by atoms with van der Waals surface area (Å²) in [6, 6.07) is 4.63. The van der Waals surface area contributed by atoms with Crippen LogP contribution in [0.3, 0.4) is 0 Å². The van der Waals surface area contributed by atoms with Gasteiger partial charge in [-0.2, -0.15) is 0 Å². The Morgan fingerprint density at radius 1 is 0.840 bits per heavy atom. The molecule has 0 saturated heterocycles. The van der Waals surface area contributed by atoms with Crippen LogP contribution in [0, 0.1) is 0 Å². The molecule has 0 aliphatic rings. The first kappa shape index (κ1) is 22.5. The number of hydrogen-bond donors (Lipinski definition) is 3. The van der Waals surface area contributed by atoms with Gasteiger partial charge in [0, 0.05) is 44.2 Å². The zero-order chi connectivity index (χ0) is 19.0. The zero-order valence-electron chi connectivity index (χ0n) is 17.2. The minimum Gasteiger partial charge on any atom is -0.311 e. The molecule has 0 radical (unpaired) electrons. The van der Waals surface area contributed by atoms with Gasteiger partial charge in [-0.15, -0.1) is 12.6 Å². The van der Waals surface area contributed by atoms with Crippen LogP contribution < -0.4 is 10.6 Å². The SMILES string of the molecule is CN(C)CCNCc1cc(C(C)(C)C)cc(CNCCN(C)C)c1S. The van der Waals surface area contributed by atoms with Crippen molar-refractivity contribution in [1.82, 2.24) is 20.4 Å². The van der Waals surface area contributed by atoms with Crippen LogP contribution in [0.4, 0.5) is 0 Å². The molecule has 25 heavy (non-hydrogen) atoms. The molecule has 1 aromatic rings. The zero-order valence-corrected chi connectivity index (χ0v) is 18.1. The molecule has 4 nitrogen and oxygen atoms in total. The molecule has 0 bridgehead atoms. The second-order valence-corrected chi connectivity index (χ2v) is 8.80. The molecule has 0 fully saturated rings. The number of benzene rings is 1. The van der Waals surface area contributed by atoms with E-state index in [2.05, 4.69) is 81.5 Å². The monoisotopic (exact) mass is 366 g/mol. The molecule has 0 saturated carbocycles. The first-order chi connectivity index (χ1) is 11.6. The number of nitrogens with zero attached hydrogens (tertiary/aromatic N) is 2. The highest BCUT2D eigenvalue weighted by Gasteiger charge is 2.17. The van der Waals surface area contributed by atoms with Crippen molar-refractivity contribution in [1.29, 1.82) is 0 Å². The molecule has 0 aliphatic heterocycles. The summed E-state index contributed by atoms with van der Waals surface area (Å²) in [4.78, 5) is 5.50. The van der Waals surface area contributed by atoms with Crippen LogP contribution in [0.5, 0.6) is 0 Å². The Hall–Kier alpha value is -0.590. The first-order valence-electron chi connectivity index (χ1n) is 9.17. The van der Waals surface area contributed by atoms with Gasteiger partial charge in [0.1, 0.15) is 0 Å². The average Bonchev–Trinajstić information content (AvgIpc) is 2.49. The fourth-order valence-corrected chi connectivity index (χ4v) is 2.80.